The fourth-order valence-electron chi connectivity index (χ4n) is 2.22. The maximum absolute atomic E-state index is 13.1. The van der Waals surface area contributed by atoms with Crippen LogP contribution in [0, 0.1) is 5.82 Å². The highest BCUT2D eigenvalue weighted by atomic mass is 19.4. The van der Waals surface area contributed by atoms with E-state index in [-0.39, 0.29) is 11.9 Å². The summed E-state index contributed by atoms with van der Waals surface area (Å²) in [6, 6.07) is 5.89. The van der Waals surface area contributed by atoms with E-state index in [1.165, 1.54) is 24.1 Å². The Kier molecular flexibility index (Phi) is 9.18. The fraction of sp³-hybridized carbons (Fsp3) is 0.588. The van der Waals surface area contributed by atoms with Crippen molar-refractivity contribution in [2.75, 3.05) is 40.3 Å². The second kappa shape index (κ2) is 10.8. The number of hydrogen-bond acceptors (Lipinski definition) is 3. The van der Waals surface area contributed by atoms with Crippen LogP contribution >= 0.6 is 0 Å². The fourth-order valence-corrected chi connectivity index (χ4v) is 2.22. The summed E-state index contributed by atoms with van der Waals surface area (Å²) in [4.78, 5) is 5.27. The monoisotopic (exact) mass is 378 g/mol. The number of halogens is 4. The number of benzene rings is 1. The van der Waals surface area contributed by atoms with Crippen molar-refractivity contribution >= 4 is 5.96 Å². The van der Waals surface area contributed by atoms with Crippen molar-refractivity contribution in [1.82, 2.24) is 15.5 Å². The van der Waals surface area contributed by atoms with E-state index in [1.54, 1.807) is 19.2 Å². The molecule has 0 aliphatic heterocycles. The number of nitrogens with zero attached hydrogens (tertiary/aromatic N) is 2. The van der Waals surface area contributed by atoms with Crippen LogP contribution in [0.5, 0.6) is 5.75 Å². The topological polar surface area (TPSA) is 48.9 Å². The predicted molar refractivity (Wildman–Crippen MR) is 94.0 cm³/mol. The average Bonchev–Trinajstić information content (AvgIpc) is 2.52. The van der Waals surface area contributed by atoms with E-state index < -0.39 is 12.7 Å². The molecular weight excluding hydrogens is 352 g/mol. The van der Waals surface area contributed by atoms with Crippen LogP contribution < -0.4 is 15.4 Å². The Balaban J connectivity index is 2.24. The van der Waals surface area contributed by atoms with E-state index >= 15 is 0 Å². The Bertz CT molecular complexity index is 566. The van der Waals surface area contributed by atoms with Crippen molar-refractivity contribution in [3.63, 3.8) is 0 Å². The second-order valence-corrected chi connectivity index (χ2v) is 5.97. The highest BCUT2D eigenvalue weighted by Gasteiger charge is 2.28. The van der Waals surface area contributed by atoms with Gasteiger partial charge >= 0.3 is 6.18 Å². The minimum Gasteiger partial charge on any atom is -0.489 e. The molecule has 0 aliphatic carbocycles. The van der Waals surface area contributed by atoms with Gasteiger partial charge in [0.15, 0.2) is 5.96 Å². The summed E-state index contributed by atoms with van der Waals surface area (Å²) in [6.07, 6.45) is -3.87. The molecule has 0 amide bonds. The Morgan fingerprint density at radius 1 is 1.31 bits per heavy atom. The first-order valence-electron chi connectivity index (χ1n) is 8.31. The number of rotatable bonds is 9. The molecule has 1 atom stereocenters. The van der Waals surface area contributed by atoms with Gasteiger partial charge in [-0.15, -0.1) is 0 Å². The Morgan fingerprint density at radius 3 is 2.65 bits per heavy atom. The van der Waals surface area contributed by atoms with Crippen molar-refractivity contribution in [2.24, 2.45) is 4.99 Å². The van der Waals surface area contributed by atoms with Gasteiger partial charge in [-0.1, -0.05) is 6.07 Å². The number of ether oxygens (including phenoxy) is 1. The zero-order valence-corrected chi connectivity index (χ0v) is 15.2. The van der Waals surface area contributed by atoms with Crippen molar-refractivity contribution in [3.8, 4) is 5.75 Å². The zero-order chi connectivity index (χ0) is 19.6. The minimum atomic E-state index is -4.18. The van der Waals surface area contributed by atoms with Gasteiger partial charge in [0.25, 0.3) is 0 Å². The van der Waals surface area contributed by atoms with Gasteiger partial charge in [0.1, 0.15) is 17.7 Å². The van der Waals surface area contributed by atoms with Gasteiger partial charge in [-0.2, -0.15) is 13.2 Å². The first-order chi connectivity index (χ1) is 12.2. The number of alkyl halides is 3. The summed E-state index contributed by atoms with van der Waals surface area (Å²) in [5.74, 6) is 0.601. The van der Waals surface area contributed by atoms with E-state index in [4.69, 9.17) is 4.74 Å². The molecule has 0 bridgehead atoms. The quantitative estimate of drug-likeness (QED) is 0.300. The zero-order valence-electron chi connectivity index (χ0n) is 15.2. The van der Waals surface area contributed by atoms with Crippen LogP contribution in [-0.2, 0) is 0 Å². The summed E-state index contributed by atoms with van der Waals surface area (Å²) in [7, 11) is 3.04. The van der Waals surface area contributed by atoms with Gasteiger partial charge in [0.2, 0.25) is 0 Å². The van der Waals surface area contributed by atoms with Crippen LogP contribution in [0.3, 0.4) is 0 Å². The third-order valence-electron chi connectivity index (χ3n) is 3.37. The molecular formula is C17H26F4N4O. The molecule has 0 radical (unpaired) electrons. The third kappa shape index (κ3) is 10.1. The summed E-state index contributed by atoms with van der Waals surface area (Å²) < 4.78 is 55.4. The lowest BCUT2D eigenvalue weighted by Crippen LogP contribution is -2.42. The van der Waals surface area contributed by atoms with Crippen molar-refractivity contribution in [1.29, 1.82) is 0 Å². The molecule has 1 aromatic rings. The molecule has 26 heavy (non-hydrogen) atoms. The minimum absolute atomic E-state index is 0.228. The van der Waals surface area contributed by atoms with Gasteiger partial charge in [-0.3, -0.25) is 9.89 Å². The molecule has 0 saturated heterocycles. The normalized spacial score (nSPS) is 13.6. The van der Waals surface area contributed by atoms with E-state index in [0.717, 1.165) is 0 Å². The number of aliphatic imine (C=N–C) groups is 1. The smallest absolute Gasteiger partial charge is 0.401 e. The van der Waals surface area contributed by atoms with Crippen LogP contribution in [0.25, 0.3) is 0 Å². The number of hydrogen-bond donors (Lipinski definition) is 2. The van der Waals surface area contributed by atoms with Crippen LogP contribution in [-0.4, -0.2) is 63.4 Å². The van der Waals surface area contributed by atoms with E-state index in [0.29, 0.717) is 37.8 Å². The van der Waals surface area contributed by atoms with Crippen LogP contribution in [0.2, 0.25) is 0 Å². The van der Waals surface area contributed by atoms with E-state index in [9.17, 15) is 17.6 Å². The molecule has 0 heterocycles. The van der Waals surface area contributed by atoms with Crippen LogP contribution in [0.4, 0.5) is 17.6 Å². The summed E-state index contributed by atoms with van der Waals surface area (Å²) >= 11 is 0. The van der Waals surface area contributed by atoms with Gasteiger partial charge in [0, 0.05) is 19.7 Å². The molecule has 1 rings (SSSR count). The first kappa shape index (κ1) is 22.0. The van der Waals surface area contributed by atoms with Gasteiger partial charge in [-0.05, 0) is 39.1 Å². The summed E-state index contributed by atoms with van der Waals surface area (Å²) in [5, 5.41) is 6.09. The molecule has 5 nitrogen and oxygen atoms in total. The average molecular weight is 378 g/mol. The molecule has 1 aromatic carbocycles. The lowest BCUT2D eigenvalue weighted by molar-refractivity contribution is -0.143. The Morgan fingerprint density at radius 2 is 2.04 bits per heavy atom. The maximum Gasteiger partial charge on any atom is 0.401 e. The molecule has 148 valence electrons. The number of guanidine groups is 1. The molecule has 1 unspecified atom stereocenters. The van der Waals surface area contributed by atoms with Gasteiger partial charge in [0.05, 0.1) is 13.1 Å². The molecule has 0 aromatic heterocycles. The first-order valence-corrected chi connectivity index (χ1v) is 8.31. The van der Waals surface area contributed by atoms with Crippen LogP contribution in [0.1, 0.15) is 13.3 Å². The maximum atomic E-state index is 13.1. The van der Waals surface area contributed by atoms with Crippen molar-refractivity contribution in [2.45, 2.75) is 25.6 Å². The number of nitrogens with one attached hydrogen (secondary N) is 2. The Hall–Kier alpha value is -2.03. The van der Waals surface area contributed by atoms with E-state index in [2.05, 4.69) is 15.6 Å². The van der Waals surface area contributed by atoms with Crippen molar-refractivity contribution in [3.05, 3.63) is 30.1 Å². The predicted octanol–water partition coefficient (Wildman–Crippen LogP) is 2.64. The molecule has 0 spiro atoms. The molecule has 0 fully saturated rings. The van der Waals surface area contributed by atoms with Gasteiger partial charge < -0.3 is 15.4 Å². The van der Waals surface area contributed by atoms with Gasteiger partial charge in [-0.25, -0.2) is 4.39 Å². The molecule has 0 saturated carbocycles. The summed E-state index contributed by atoms with van der Waals surface area (Å²) in [6.45, 7) is 2.15. The Labute approximate surface area is 151 Å². The largest absolute Gasteiger partial charge is 0.489 e. The third-order valence-corrected chi connectivity index (χ3v) is 3.37. The summed E-state index contributed by atoms with van der Waals surface area (Å²) in [5.41, 5.74) is 0. The molecule has 9 heteroatoms. The highest BCUT2D eigenvalue weighted by Crippen LogP contribution is 2.15. The molecule has 0 aliphatic rings. The van der Waals surface area contributed by atoms with Crippen molar-refractivity contribution < 1.29 is 22.3 Å². The van der Waals surface area contributed by atoms with Crippen LogP contribution in [0.15, 0.2) is 29.3 Å². The second-order valence-electron chi connectivity index (χ2n) is 5.97. The lowest BCUT2D eigenvalue weighted by atomic mass is 10.3. The SMILES string of the molecule is CN=C(NCCCN(C)CC(F)(F)F)NCC(C)Oc1cccc(F)c1. The lowest BCUT2D eigenvalue weighted by Gasteiger charge is -2.20. The van der Waals surface area contributed by atoms with E-state index in [1.807, 2.05) is 6.92 Å². The standard InChI is InChI=1S/C17H26F4N4O/c1-13(26-15-7-4-6-14(18)10-15)11-24-16(22-2)23-8-5-9-25(3)12-17(19,20)21/h4,6-7,10,13H,5,8-9,11-12H2,1-3H3,(H2,22,23,24). The molecule has 2 N–H and O–H groups in total. The highest BCUT2D eigenvalue weighted by molar-refractivity contribution is 5.79.